The van der Waals surface area contributed by atoms with Crippen LogP contribution in [0, 0.1) is 5.41 Å². The predicted octanol–water partition coefficient (Wildman–Crippen LogP) is 1.24. The lowest BCUT2D eigenvalue weighted by atomic mass is 9.91. The summed E-state index contributed by atoms with van der Waals surface area (Å²) < 4.78 is 0. The highest BCUT2D eigenvalue weighted by Crippen LogP contribution is 2.31. The average Bonchev–Trinajstić information content (AvgIpc) is 2.05. The van der Waals surface area contributed by atoms with Crippen molar-refractivity contribution in [3.63, 3.8) is 0 Å². The highest BCUT2D eigenvalue weighted by molar-refractivity contribution is 4.85. The first-order valence-corrected chi connectivity index (χ1v) is 3.99. The summed E-state index contributed by atoms with van der Waals surface area (Å²) in [6.45, 7) is 8.08. The molecule has 1 rings (SSSR count). The largest absolute Gasteiger partial charge is 0.258 e. The fraction of sp³-hybridized carbons (Fsp3) is 1.00. The fourth-order valence-corrected chi connectivity index (χ4v) is 1.89. The van der Waals surface area contributed by atoms with Gasteiger partial charge in [0.05, 0.1) is 0 Å². The lowest BCUT2D eigenvalue weighted by Crippen LogP contribution is -2.38. The normalized spacial score (nSPS) is 33.0. The van der Waals surface area contributed by atoms with Crippen molar-refractivity contribution in [1.29, 1.82) is 0 Å². The Balaban J connectivity index is 2.52. The molecule has 1 aliphatic heterocycles. The van der Waals surface area contributed by atoms with Crippen molar-refractivity contribution in [2.24, 2.45) is 5.41 Å². The van der Waals surface area contributed by atoms with Gasteiger partial charge in [-0.25, -0.2) is 5.01 Å². The first-order valence-electron chi connectivity index (χ1n) is 3.99. The van der Waals surface area contributed by atoms with E-state index in [2.05, 4.69) is 31.2 Å². The third-order valence-corrected chi connectivity index (χ3v) is 2.27. The molecule has 0 aromatic carbocycles. The molecule has 0 radical (unpaired) electrons. The number of nitrogens with one attached hydrogen (secondary N) is 1. The molecule has 0 aromatic heterocycles. The van der Waals surface area contributed by atoms with Crippen molar-refractivity contribution in [3.8, 4) is 0 Å². The van der Waals surface area contributed by atoms with Gasteiger partial charge in [-0.2, -0.15) is 0 Å². The quantitative estimate of drug-likeness (QED) is 0.592. The maximum atomic E-state index is 3.20. The van der Waals surface area contributed by atoms with Gasteiger partial charge < -0.3 is 0 Å². The molecule has 1 N–H and O–H groups in total. The second-order valence-corrected chi connectivity index (χ2v) is 4.07. The van der Waals surface area contributed by atoms with Gasteiger partial charge in [-0.3, -0.25) is 5.43 Å². The third kappa shape index (κ3) is 1.50. The van der Waals surface area contributed by atoms with Crippen LogP contribution in [0.25, 0.3) is 0 Å². The number of rotatable bonds is 1. The van der Waals surface area contributed by atoms with Gasteiger partial charge in [0.25, 0.3) is 0 Å². The predicted molar refractivity (Wildman–Crippen MR) is 43.6 cm³/mol. The Kier molecular flexibility index (Phi) is 2.02. The van der Waals surface area contributed by atoms with Crippen LogP contribution in [0.2, 0.25) is 0 Å². The molecule has 0 bridgehead atoms. The summed E-state index contributed by atoms with van der Waals surface area (Å²) in [6.07, 6.45) is 1.30. The summed E-state index contributed by atoms with van der Waals surface area (Å²) in [5.41, 5.74) is 3.71. The molecule has 1 atom stereocenters. The van der Waals surface area contributed by atoms with E-state index >= 15 is 0 Å². The molecule has 0 amide bonds. The van der Waals surface area contributed by atoms with E-state index in [4.69, 9.17) is 0 Å². The summed E-state index contributed by atoms with van der Waals surface area (Å²) in [5.74, 6) is 0. The van der Waals surface area contributed by atoms with Gasteiger partial charge in [-0.05, 0) is 25.8 Å². The topological polar surface area (TPSA) is 15.3 Å². The molecule has 1 aliphatic rings. The van der Waals surface area contributed by atoms with Crippen LogP contribution in [0.5, 0.6) is 0 Å². The van der Waals surface area contributed by atoms with Crippen molar-refractivity contribution in [1.82, 2.24) is 10.4 Å². The molecule has 1 saturated heterocycles. The first-order chi connectivity index (χ1) is 4.55. The van der Waals surface area contributed by atoms with E-state index in [0.29, 0.717) is 11.5 Å². The molecule has 1 heterocycles. The van der Waals surface area contributed by atoms with Crippen molar-refractivity contribution in [2.75, 3.05) is 13.6 Å². The summed E-state index contributed by atoms with van der Waals surface area (Å²) in [5, 5.41) is 2.31. The van der Waals surface area contributed by atoms with E-state index < -0.39 is 0 Å². The van der Waals surface area contributed by atoms with Crippen LogP contribution in [0.3, 0.4) is 0 Å². The summed E-state index contributed by atoms with van der Waals surface area (Å²) in [7, 11) is 2.00. The maximum absolute atomic E-state index is 3.20. The Bertz CT molecular complexity index is 120. The van der Waals surface area contributed by atoms with Gasteiger partial charge in [-0.15, -0.1) is 0 Å². The standard InChI is InChI=1S/C8H18N2/c1-7-5-8(2,3)6-10(7)9-4/h7,9H,5-6H2,1-4H3. The second kappa shape index (κ2) is 2.51. The van der Waals surface area contributed by atoms with Gasteiger partial charge in [0, 0.05) is 12.6 Å². The Morgan fingerprint density at radius 1 is 1.50 bits per heavy atom. The van der Waals surface area contributed by atoms with E-state index in [-0.39, 0.29) is 0 Å². The SMILES string of the molecule is CNN1CC(C)(C)CC1C. The van der Waals surface area contributed by atoms with Gasteiger partial charge in [0.15, 0.2) is 0 Å². The van der Waals surface area contributed by atoms with Crippen LogP contribution in [-0.4, -0.2) is 24.6 Å². The van der Waals surface area contributed by atoms with E-state index in [1.54, 1.807) is 0 Å². The molecule has 0 aliphatic carbocycles. The lowest BCUT2D eigenvalue weighted by Gasteiger charge is -2.20. The molecule has 10 heavy (non-hydrogen) atoms. The van der Waals surface area contributed by atoms with Crippen LogP contribution in [-0.2, 0) is 0 Å². The minimum atomic E-state index is 0.502. The zero-order valence-corrected chi connectivity index (χ0v) is 7.44. The van der Waals surface area contributed by atoms with E-state index in [1.165, 1.54) is 13.0 Å². The monoisotopic (exact) mass is 142 g/mol. The van der Waals surface area contributed by atoms with Crippen molar-refractivity contribution < 1.29 is 0 Å². The van der Waals surface area contributed by atoms with Crippen LogP contribution in [0.1, 0.15) is 27.2 Å². The fourth-order valence-electron chi connectivity index (χ4n) is 1.89. The zero-order chi connectivity index (χ0) is 7.78. The van der Waals surface area contributed by atoms with Gasteiger partial charge in [0.2, 0.25) is 0 Å². The highest BCUT2D eigenvalue weighted by Gasteiger charge is 2.33. The molecule has 0 aromatic rings. The van der Waals surface area contributed by atoms with E-state index in [1.807, 2.05) is 7.05 Å². The lowest BCUT2D eigenvalue weighted by molar-refractivity contribution is 0.189. The van der Waals surface area contributed by atoms with Gasteiger partial charge in [0.1, 0.15) is 0 Å². The van der Waals surface area contributed by atoms with E-state index in [0.717, 1.165) is 0 Å². The number of hydrogen-bond donors (Lipinski definition) is 1. The molecule has 2 heteroatoms. The minimum Gasteiger partial charge on any atom is -0.258 e. The second-order valence-electron chi connectivity index (χ2n) is 4.07. The first kappa shape index (κ1) is 8.02. The van der Waals surface area contributed by atoms with Crippen molar-refractivity contribution >= 4 is 0 Å². The highest BCUT2D eigenvalue weighted by atomic mass is 15.5. The molecule has 60 valence electrons. The Hall–Kier alpha value is -0.0800. The van der Waals surface area contributed by atoms with Crippen LogP contribution in [0.15, 0.2) is 0 Å². The minimum absolute atomic E-state index is 0.502. The maximum Gasteiger partial charge on any atom is 0.0220 e. The van der Waals surface area contributed by atoms with Gasteiger partial charge >= 0.3 is 0 Å². The molecular formula is C8H18N2. The smallest absolute Gasteiger partial charge is 0.0220 e. The van der Waals surface area contributed by atoms with Crippen LogP contribution >= 0.6 is 0 Å². The summed E-state index contributed by atoms with van der Waals surface area (Å²) >= 11 is 0. The summed E-state index contributed by atoms with van der Waals surface area (Å²) in [6, 6.07) is 0.694. The zero-order valence-electron chi connectivity index (χ0n) is 7.44. The third-order valence-electron chi connectivity index (χ3n) is 2.27. The Morgan fingerprint density at radius 3 is 2.30 bits per heavy atom. The molecule has 0 spiro atoms. The van der Waals surface area contributed by atoms with Crippen LogP contribution < -0.4 is 5.43 Å². The Labute approximate surface area is 63.6 Å². The van der Waals surface area contributed by atoms with Gasteiger partial charge in [-0.1, -0.05) is 13.8 Å². The van der Waals surface area contributed by atoms with Crippen molar-refractivity contribution in [2.45, 2.75) is 33.2 Å². The molecule has 0 saturated carbocycles. The molecule has 1 unspecified atom stereocenters. The molecular weight excluding hydrogens is 124 g/mol. The number of hydrogen-bond acceptors (Lipinski definition) is 2. The Morgan fingerprint density at radius 2 is 2.10 bits per heavy atom. The molecule has 1 fully saturated rings. The van der Waals surface area contributed by atoms with E-state index in [9.17, 15) is 0 Å². The number of hydrazine groups is 1. The van der Waals surface area contributed by atoms with Crippen molar-refractivity contribution in [3.05, 3.63) is 0 Å². The molecule has 2 nitrogen and oxygen atoms in total. The number of nitrogens with zero attached hydrogens (tertiary/aromatic N) is 1. The summed E-state index contributed by atoms with van der Waals surface area (Å²) in [4.78, 5) is 0. The average molecular weight is 142 g/mol. The van der Waals surface area contributed by atoms with Crippen LogP contribution in [0.4, 0.5) is 0 Å².